The molecular weight excluding hydrogens is 294 g/mol. The van der Waals surface area contributed by atoms with E-state index < -0.39 is 0 Å². The summed E-state index contributed by atoms with van der Waals surface area (Å²) in [5.74, 6) is 5.20. The second-order valence-electron chi connectivity index (χ2n) is 3.96. The molecule has 1 amide bonds. The number of carbonyl (C=O) groups is 1. The monoisotopic (exact) mass is 305 g/mol. The third-order valence-electron chi connectivity index (χ3n) is 2.47. The molecule has 0 radical (unpaired) electrons. The zero-order valence-electron chi connectivity index (χ0n) is 10.5. The second kappa shape index (κ2) is 7.11. The Balaban J connectivity index is 2.09. The van der Waals surface area contributed by atoms with Crippen LogP contribution in [0.1, 0.15) is 10.4 Å². The molecule has 1 heterocycles. The molecule has 0 fully saturated rings. The van der Waals surface area contributed by atoms with Crippen LogP contribution in [0.3, 0.4) is 0 Å². The van der Waals surface area contributed by atoms with Crippen molar-refractivity contribution in [2.24, 2.45) is 0 Å². The molecule has 0 spiro atoms. The quantitative estimate of drug-likeness (QED) is 0.857. The number of thiophene rings is 1. The van der Waals surface area contributed by atoms with Crippen LogP contribution in [0.15, 0.2) is 35.7 Å². The van der Waals surface area contributed by atoms with Crippen molar-refractivity contribution in [2.75, 3.05) is 11.9 Å². The van der Waals surface area contributed by atoms with Crippen molar-refractivity contribution in [1.29, 1.82) is 0 Å². The molecule has 3 nitrogen and oxygen atoms in total. The van der Waals surface area contributed by atoms with Gasteiger partial charge < -0.3 is 10.4 Å². The highest BCUT2D eigenvalue weighted by Gasteiger charge is 2.08. The molecular formula is C15H12ClNO2S. The lowest BCUT2D eigenvalue weighted by molar-refractivity contribution is -0.115. The minimum atomic E-state index is -0.206. The first-order chi connectivity index (χ1) is 9.69. The molecule has 0 aliphatic heterocycles. The van der Waals surface area contributed by atoms with Gasteiger partial charge >= 0.3 is 0 Å². The maximum Gasteiger partial charge on any atom is 0.229 e. The van der Waals surface area contributed by atoms with Crippen LogP contribution in [0.4, 0.5) is 5.69 Å². The van der Waals surface area contributed by atoms with Crippen molar-refractivity contribution in [3.63, 3.8) is 0 Å². The van der Waals surface area contributed by atoms with E-state index in [1.165, 1.54) is 11.3 Å². The molecule has 2 rings (SSSR count). The molecule has 2 N–H and O–H groups in total. The predicted octanol–water partition coefficient (Wildman–Crippen LogP) is 2.93. The predicted molar refractivity (Wildman–Crippen MR) is 82.1 cm³/mol. The topological polar surface area (TPSA) is 49.3 Å². The molecule has 1 aromatic carbocycles. The minimum Gasteiger partial charge on any atom is -0.384 e. The Bertz CT molecular complexity index is 656. The number of aliphatic hydroxyl groups is 1. The minimum absolute atomic E-state index is 0.124. The van der Waals surface area contributed by atoms with Gasteiger partial charge in [-0.25, -0.2) is 0 Å². The summed E-state index contributed by atoms with van der Waals surface area (Å²) < 4.78 is 0. The Kier molecular flexibility index (Phi) is 5.19. The van der Waals surface area contributed by atoms with Crippen LogP contribution in [0, 0.1) is 11.8 Å². The van der Waals surface area contributed by atoms with Crippen LogP contribution >= 0.6 is 22.9 Å². The number of amides is 1. The number of anilines is 1. The maximum absolute atomic E-state index is 11.9. The van der Waals surface area contributed by atoms with Crippen molar-refractivity contribution in [3.8, 4) is 11.8 Å². The van der Waals surface area contributed by atoms with E-state index in [1.807, 2.05) is 17.5 Å². The van der Waals surface area contributed by atoms with Gasteiger partial charge in [-0.1, -0.05) is 29.5 Å². The summed E-state index contributed by atoms with van der Waals surface area (Å²) in [7, 11) is 0. The average Bonchev–Trinajstić information content (AvgIpc) is 2.92. The van der Waals surface area contributed by atoms with Gasteiger partial charge in [0.15, 0.2) is 0 Å². The number of hydrogen-bond acceptors (Lipinski definition) is 3. The van der Waals surface area contributed by atoms with Gasteiger partial charge in [0.1, 0.15) is 6.61 Å². The molecule has 2 aromatic rings. The van der Waals surface area contributed by atoms with Gasteiger partial charge in [0, 0.05) is 10.4 Å². The maximum atomic E-state index is 11.9. The first-order valence-corrected chi connectivity index (χ1v) is 7.16. The average molecular weight is 306 g/mol. The Morgan fingerprint density at radius 2 is 2.25 bits per heavy atom. The van der Waals surface area contributed by atoms with Gasteiger partial charge in [0.25, 0.3) is 0 Å². The Labute approximate surface area is 126 Å². The molecule has 0 bridgehead atoms. The standard InChI is InChI=1S/C15H12ClNO2S/c16-13-6-5-11(3-1-7-18)9-14(13)17-15(19)10-12-4-2-8-20-12/h2,4-6,8-9,18H,7,10H2,(H,17,19). The highest BCUT2D eigenvalue weighted by atomic mass is 35.5. The van der Waals surface area contributed by atoms with Gasteiger partial charge in [-0.3, -0.25) is 4.79 Å². The lowest BCUT2D eigenvalue weighted by Crippen LogP contribution is -2.14. The molecule has 1 aromatic heterocycles. The lowest BCUT2D eigenvalue weighted by Gasteiger charge is -2.07. The fraction of sp³-hybridized carbons (Fsp3) is 0.133. The van der Waals surface area contributed by atoms with Crippen LogP contribution in [0.5, 0.6) is 0 Å². The molecule has 102 valence electrons. The van der Waals surface area contributed by atoms with Crippen LogP contribution in [-0.4, -0.2) is 17.6 Å². The Morgan fingerprint density at radius 1 is 1.40 bits per heavy atom. The molecule has 0 unspecified atom stereocenters. The van der Waals surface area contributed by atoms with E-state index >= 15 is 0 Å². The summed E-state index contributed by atoms with van der Waals surface area (Å²) in [5.41, 5.74) is 1.22. The third-order valence-corrected chi connectivity index (χ3v) is 3.67. The van der Waals surface area contributed by atoms with E-state index in [0.717, 1.165) is 4.88 Å². The van der Waals surface area contributed by atoms with Crippen molar-refractivity contribution in [2.45, 2.75) is 6.42 Å². The van der Waals surface area contributed by atoms with Crippen molar-refractivity contribution < 1.29 is 9.90 Å². The Hall–Kier alpha value is -1.80. The van der Waals surface area contributed by atoms with Gasteiger partial charge in [0.05, 0.1) is 17.1 Å². The molecule has 0 aliphatic rings. The number of nitrogens with one attached hydrogen (secondary N) is 1. The highest BCUT2D eigenvalue weighted by Crippen LogP contribution is 2.23. The van der Waals surface area contributed by atoms with Gasteiger partial charge in [0.2, 0.25) is 5.91 Å². The summed E-state index contributed by atoms with van der Waals surface area (Å²) in [6.07, 6.45) is 0.320. The fourth-order valence-electron chi connectivity index (χ4n) is 1.61. The van der Waals surface area contributed by atoms with E-state index in [4.69, 9.17) is 16.7 Å². The summed E-state index contributed by atoms with van der Waals surface area (Å²) in [5, 5.41) is 13.8. The normalized spacial score (nSPS) is 9.70. The summed E-state index contributed by atoms with van der Waals surface area (Å²) in [6.45, 7) is -0.206. The molecule has 0 saturated heterocycles. The van der Waals surface area contributed by atoms with Gasteiger partial charge in [-0.05, 0) is 29.6 Å². The van der Waals surface area contributed by atoms with Gasteiger partial charge in [-0.2, -0.15) is 0 Å². The van der Waals surface area contributed by atoms with E-state index in [1.54, 1.807) is 18.2 Å². The number of benzene rings is 1. The first-order valence-electron chi connectivity index (χ1n) is 5.90. The van der Waals surface area contributed by atoms with E-state index in [0.29, 0.717) is 22.7 Å². The second-order valence-corrected chi connectivity index (χ2v) is 5.40. The van der Waals surface area contributed by atoms with Crippen molar-refractivity contribution in [3.05, 3.63) is 51.2 Å². The highest BCUT2D eigenvalue weighted by molar-refractivity contribution is 7.10. The molecule has 0 aliphatic carbocycles. The van der Waals surface area contributed by atoms with Crippen LogP contribution in [0.25, 0.3) is 0 Å². The van der Waals surface area contributed by atoms with E-state index in [-0.39, 0.29) is 12.5 Å². The molecule has 5 heteroatoms. The van der Waals surface area contributed by atoms with E-state index in [2.05, 4.69) is 17.2 Å². The van der Waals surface area contributed by atoms with Crippen LogP contribution in [-0.2, 0) is 11.2 Å². The third kappa shape index (κ3) is 4.10. The number of rotatable bonds is 3. The number of halogens is 1. The number of hydrogen-bond donors (Lipinski definition) is 2. The molecule has 0 atom stereocenters. The zero-order chi connectivity index (χ0) is 14.4. The first kappa shape index (κ1) is 14.6. The molecule has 0 saturated carbocycles. The largest absolute Gasteiger partial charge is 0.384 e. The fourth-order valence-corrected chi connectivity index (χ4v) is 2.47. The number of carbonyl (C=O) groups excluding carboxylic acids is 1. The SMILES string of the molecule is O=C(Cc1cccs1)Nc1cc(C#CCO)ccc1Cl. The van der Waals surface area contributed by atoms with E-state index in [9.17, 15) is 4.79 Å². The summed E-state index contributed by atoms with van der Waals surface area (Å²) in [4.78, 5) is 12.9. The lowest BCUT2D eigenvalue weighted by atomic mass is 10.2. The van der Waals surface area contributed by atoms with Crippen LogP contribution < -0.4 is 5.32 Å². The van der Waals surface area contributed by atoms with Crippen molar-refractivity contribution in [1.82, 2.24) is 0 Å². The molecule has 20 heavy (non-hydrogen) atoms. The van der Waals surface area contributed by atoms with Gasteiger partial charge in [-0.15, -0.1) is 11.3 Å². The number of aliphatic hydroxyl groups excluding tert-OH is 1. The zero-order valence-corrected chi connectivity index (χ0v) is 12.1. The summed E-state index contributed by atoms with van der Waals surface area (Å²) >= 11 is 7.58. The van der Waals surface area contributed by atoms with Crippen LogP contribution in [0.2, 0.25) is 5.02 Å². The van der Waals surface area contributed by atoms with Crippen molar-refractivity contribution >= 4 is 34.5 Å². The smallest absolute Gasteiger partial charge is 0.229 e. The summed E-state index contributed by atoms with van der Waals surface area (Å²) in [6, 6.07) is 8.92. The Morgan fingerprint density at radius 3 is 2.95 bits per heavy atom.